The molecule has 3 atom stereocenters. The van der Waals surface area contributed by atoms with E-state index < -0.39 is 35.7 Å². The number of imide groups is 1. The van der Waals surface area contributed by atoms with Gasteiger partial charge in [-0.1, -0.05) is 53.6 Å². The maximum Gasteiger partial charge on any atom is 0.266 e. The van der Waals surface area contributed by atoms with Gasteiger partial charge in [0.05, 0.1) is 11.4 Å². The van der Waals surface area contributed by atoms with Crippen molar-refractivity contribution in [3.8, 4) is 0 Å². The molecule has 5 nitrogen and oxygen atoms in total. The summed E-state index contributed by atoms with van der Waals surface area (Å²) >= 11 is 6.40. The number of hydrogen-bond donors (Lipinski definition) is 0. The third-order valence-corrected chi connectivity index (χ3v) is 6.34. The topological polar surface area (TPSA) is 49.9 Å². The molecule has 2 saturated heterocycles. The van der Waals surface area contributed by atoms with Crippen LogP contribution in [0, 0.1) is 25.6 Å². The van der Waals surface area contributed by atoms with Gasteiger partial charge in [-0.3, -0.25) is 14.4 Å². The second kappa shape index (κ2) is 7.73. The van der Waals surface area contributed by atoms with Crippen molar-refractivity contribution in [2.75, 3.05) is 9.96 Å². The molecule has 0 spiro atoms. The first-order chi connectivity index (χ1) is 15.4. The van der Waals surface area contributed by atoms with E-state index in [4.69, 9.17) is 16.4 Å². The molecule has 0 saturated carbocycles. The summed E-state index contributed by atoms with van der Waals surface area (Å²) in [5, 5.41) is 1.61. The van der Waals surface area contributed by atoms with Crippen LogP contribution in [0.4, 0.5) is 15.8 Å². The molecule has 2 amide bonds. The summed E-state index contributed by atoms with van der Waals surface area (Å²) in [6, 6.07) is 18.0. The SMILES string of the molecule is Cc1ccc(N2C(=O)[C@@H]3[C@H](ON(c4ccccc4)[C@@H]3c3c(F)cccc3Cl)C2=O)c(C)c1. The number of benzene rings is 3. The molecule has 0 aromatic heterocycles. The van der Waals surface area contributed by atoms with Crippen molar-refractivity contribution in [1.29, 1.82) is 0 Å². The van der Waals surface area contributed by atoms with Crippen LogP contribution in [0.15, 0.2) is 66.7 Å². The number of carbonyl (C=O) groups excluding carboxylic acids is 2. The Labute approximate surface area is 189 Å². The minimum Gasteiger partial charge on any atom is -0.273 e. The van der Waals surface area contributed by atoms with Gasteiger partial charge in [0.15, 0.2) is 6.10 Å². The molecule has 2 fully saturated rings. The number of hydrogen-bond acceptors (Lipinski definition) is 4. The van der Waals surface area contributed by atoms with Crippen molar-refractivity contribution in [1.82, 2.24) is 0 Å². The van der Waals surface area contributed by atoms with Crippen LogP contribution in [0.1, 0.15) is 22.7 Å². The second-order valence-electron chi connectivity index (χ2n) is 8.10. The third-order valence-electron chi connectivity index (χ3n) is 6.01. The van der Waals surface area contributed by atoms with Gasteiger partial charge >= 0.3 is 0 Å². The number of aryl methyl sites for hydroxylation is 2. The lowest BCUT2D eigenvalue weighted by Crippen LogP contribution is -2.38. The zero-order valence-corrected chi connectivity index (χ0v) is 18.2. The summed E-state index contributed by atoms with van der Waals surface area (Å²) in [5.74, 6) is -2.41. The van der Waals surface area contributed by atoms with Crippen LogP contribution in [-0.4, -0.2) is 17.9 Å². The van der Waals surface area contributed by atoms with Gasteiger partial charge in [0.1, 0.15) is 17.8 Å². The molecule has 3 aromatic rings. The number of amides is 2. The predicted octanol–water partition coefficient (Wildman–Crippen LogP) is 5.15. The molecule has 0 N–H and O–H groups in total. The van der Waals surface area contributed by atoms with E-state index in [1.165, 1.54) is 17.2 Å². The van der Waals surface area contributed by atoms with Crippen LogP contribution in [0.2, 0.25) is 5.02 Å². The number of fused-ring (bicyclic) bond motifs is 1. The Morgan fingerprint density at radius 3 is 2.38 bits per heavy atom. The lowest BCUT2D eigenvalue weighted by Gasteiger charge is -2.29. The minimum absolute atomic E-state index is 0.133. The molecule has 0 aliphatic carbocycles. The fourth-order valence-corrected chi connectivity index (χ4v) is 4.87. The number of nitrogens with zero attached hydrogens (tertiary/aromatic N) is 2. The second-order valence-corrected chi connectivity index (χ2v) is 8.50. The highest BCUT2D eigenvalue weighted by Crippen LogP contribution is 2.49. The minimum atomic E-state index is -1.08. The first-order valence-corrected chi connectivity index (χ1v) is 10.7. The monoisotopic (exact) mass is 450 g/mol. The summed E-state index contributed by atoms with van der Waals surface area (Å²) in [7, 11) is 0. The van der Waals surface area contributed by atoms with E-state index in [-0.39, 0.29) is 10.6 Å². The van der Waals surface area contributed by atoms with Gasteiger partial charge in [-0.05, 0) is 49.7 Å². The van der Waals surface area contributed by atoms with Gasteiger partial charge in [0.2, 0.25) is 5.91 Å². The number of hydroxylamine groups is 1. The van der Waals surface area contributed by atoms with E-state index in [0.717, 1.165) is 16.0 Å². The molecule has 2 aliphatic heterocycles. The highest BCUT2D eigenvalue weighted by Gasteiger charge is 2.61. The van der Waals surface area contributed by atoms with Gasteiger partial charge in [0.25, 0.3) is 5.91 Å². The summed E-state index contributed by atoms with van der Waals surface area (Å²) in [6.07, 6.45) is -1.08. The maximum absolute atomic E-state index is 15.0. The fourth-order valence-electron chi connectivity index (χ4n) is 4.59. The van der Waals surface area contributed by atoms with E-state index in [1.807, 2.05) is 32.0 Å². The smallest absolute Gasteiger partial charge is 0.266 e. The normalized spacial score (nSPS) is 22.6. The van der Waals surface area contributed by atoms with Gasteiger partial charge in [-0.2, -0.15) is 0 Å². The summed E-state index contributed by atoms with van der Waals surface area (Å²) in [6.45, 7) is 3.79. The van der Waals surface area contributed by atoms with Gasteiger partial charge in [-0.25, -0.2) is 14.4 Å². The van der Waals surface area contributed by atoms with Gasteiger partial charge in [0, 0.05) is 10.6 Å². The van der Waals surface area contributed by atoms with E-state index in [1.54, 1.807) is 36.4 Å². The molecule has 2 heterocycles. The highest BCUT2D eigenvalue weighted by molar-refractivity contribution is 6.31. The van der Waals surface area contributed by atoms with Crippen molar-refractivity contribution in [3.63, 3.8) is 0 Å². The molecule has 5 rings (SSSR count). The summed E-state index contributed by atoms with van der Waals surface area (Å²) in [4.78, 5) is 34.2. The van der Waals surface area contributed by atoms with Crippen molar-refractivity contribution in [2.45, 2.75) is 26.0 Å². The molecule has 162 valence electrons. The van der Waals surface area contributed by atoms with E-state index in [2.05, 4.69) is 0 Å². The van der Waals surface area contributed by atoms with E-state index in [0.29, 0.717) is 11.4 Å². The Bertz CT molecular complexity index is 1210. The number of anilines is 2. The number of halogens is 2. The van der Waals surface area contributed by atoms with Crippen LogP contribution >= 0.6 is 11.6 Å². The van der Waals surface area contributed by atoms with Crippen LogP contribution in [0.25, 0.3) is 0 Å². The van der Waals surface area contributed by atoms with Gasteiger partial charge in [-0.15, -0.1) is 0 Å². The standard InChI is InChI=1S/C25H20ClFN2O3/c1-14-11-12-19(15(2)13-14)28-24(30)21-22(20-17(26)9-6-10-18(20)27)29(32-23(21)25(28)31)16-7-4-3-5-8-16/h3-13,21-23H,1-2H3/t21-,22+,23-/m0/s1. The Hall–Kier alpha value is -3.22. The maximum atomic E-state index is 15.0. The molecule has 2 aliphatic rings. The predicted molar refractivity (Wildman–Crippen MR) is 120 cm³/mol. The zero-order chi connectivity index (χ0) is 22.6. The first kappa shape index (κ1) is 20.7. The Balaban J connectivity index is 1.64. The summed E-state index contributed by atoms with van der Waals surface area (Å²) < 4.78 is 15.0. The fraction of sp³-hybridized carbons (Fsp3) is 0.200. The molecule has 0 unspecified atom stereocenters. The molecule has 7 heteroatoms. The Morgan fingerprint density at radius 1 is 0.938 bits per heavy atom. The van der Waals surface area contributed by atoms with Crippen molar-refractivity contribution < 1.29 is 18.8 Å². The van der Waals surface area contributed by atoms with Crippen LogP contribution in [-0.2, 0) is 14.4 Å². The van der Waals surface area contributed by atoms with E-state index in [9.17, 15) is 9.59 Å². The lowest BCUT2D eigenvalue weighted by molar-refractivity contribution is -0.126. The lowest BCUT2D eigenvalue weighted by atomic mass is 9.90. The van der Waals surface area contributed by atoms with E-state index >= 15 is 4.39 Å². The largest absolute Gasteiger partial charge is 0.273 e. The average molecular weight is 451 g/mol. The van der Waals surface area contributed by atoms with Crippen LogP contribution < -0.4 is 9.96 Å². The highest BCUT2D eigenvalue weighted by atomic mass is 35.5. The molecular formula is C25H20ClFN2O3. The molecule has 3 aromatic carbocycles. The van der Waals surface area contributed by atoms with Crippen LogP contribution in [0.3, 0.4) is 0 Å². The molecule has 0 bridgehead atoms. The van der Waals surface area contributed by atoms with Crippen molar-refractivity contribution >= 4 is 34.8 Å². The number of para-hydroxylation sites is 1. The quantitative estimate of drug-likeness (QED) is 0.518. The summed E-state index contributed by atoms with van der Waals surface area (Å²) in [5.41, 5.74) is 3.06. The van der Waals surface area contributed by atoms with Crippen molar-refractivity contribution in [3.05, 3.63) is 94.3 Å². The van der Waals surface area contributed by atoms with Crippen molar-refractivity contribution in [2.24, 2.45) is 5.92 Å². The molecular weight excluding hydrogens is 431 g/mol. The Kier molecular flexibility index (Phi) is 4.99. The third kappa shape index (κ3) is 3.10. The number of rotatable bonds is 3. The molecule has 0 radical (unpaired) electrons. The average Bonchev–Trinajstić information content (AvgIpc) is 3.26. The zero-order valence-electron chi connectivity index (χ0n) is 17.5. The first-order valence-electron chi connectivity index (χ1n) is 10.3. The number of carbonyl (C=O) groups is 2. The van der Waals surface area contributed by atoms with Gasteiger partial charge < -0.3 is 0 Å². The Morgan fingerprint density at radius 2 is 1.69 bits per heavy atom. The molecule has 32 heavy (non-hydrogen) atoms. The van der Waals surface area contributed by atoms with Crippen LogP contribution in [0.5, 0.6) is 0 Å².